The van der Waals surface area contributed by atoms with Crippen molar-refractivity contribution in [2.45, 2.75) is 94.5 Å². The normalized spacial score (nSPS) is 23.9. The Balaban J connectivity index is 1.42. The van der Waals surface area contributed by atoms with E-state index in [0.29, 0.717) is 54.3 Å². The van der Waals surface area contributed by atoms with Gasteiger partial charge in [-0.1, -0.05) is 37.1 Å². The lowest BCUT2D eigenvalue weighted by Gasteiger charge is -2.59. The monoisotopic (exact) mass is 929 g/mol. The first-order valence-corrected chi connectivity index (χ1v) is 24.6. The van der Waals surface area contributed by atoms with E-state index in [-0.39, 0.29) is 73.6 Å². The number of unbranched alkanes of at least 4 members (excludes halogenated alkanes) is 2. The van der Waals surface area contributed by atoms with E-state index < -0.39 is 32.7 Å². The second-order valence-corrected chi connectivity index (χ2v) is 19.4. The third-order valence-electron chi connectivity index (χ3n) is 13.0. The maximum atomic E-state index is 15.3. The first-order valence-electron chi connectivity index (χ1n) is 23.1. The molecular weight excluding hydrogens is 867 g/mol. The summed E-state index contributed by atoms with van der Waals surface area (Å²) in [5, 5.41) is 38.9. The zero-order valence-electron chi connectivity index (χ0n) is 37.9. The Bertz CT molecular complexity index is 2340. The molecule has 17 heteroatoms. The van der Waals surface area contributed by atoms with Gasteiger partial charge in [0, 0.05) is 82.0 Å². The summed E-state index contributed by atoms with van der Waals surface area (Å²) >= 11 is 0. The van der Waals surface area contributed by atoms with Crippen LogP contribution < -0.4 is 14.8 Å². The highest BCUT2D eigenvalue weighted by Gasteiger charge is 2.66. The Morgan fingerprint density at radius 2 is 1.79 bits per heavy atom. The van der Waals surface area contributed by atoms with Crippen molar-refractivity contribution >= 4 is 33.0 Å². The van der Waals surface area contributed by atoms with Crippen LogP contribution in [0.4, 0.5) is 11.4 Å². The summed E-state index contributed by atoms with van der Waals surface area (Å²) in [5.41, 5.74) is 3.28. The standard InChI is InChI=1S/C49H63N5O11S/c1-4-22-53(66(60,61)40-19-14-37(15-20-40)50-34(3)57)46-32-44(51-64-33-35-12-16-38(17-13-35)54(58)59)42-30-36(10-6-8-26-55)41(11-7-9-27-56)47-43-31-39(62-29-25-52-23-24-52)18-21-45(43)65-49(46,48(42)47)63-28-5-2/h5,12-21,30-31,36,41,46-48,55-56H,2,4,6-11,22-29,32-33H2,1,3H3,(H,50,57)/t36-,41+,46-,47+,48+,49+/m0/s1. The highest BCUT2D eigenvalue weighted by Crippen LogP contribution is 2.62. The lowest BCUT2D eigenvalue weighted by atomic mass is 9.55. The number of non-ortho nitro benzene ring substituents is 1. The third-order valence-corrected chi connectivity index (χ3v) is 14.9. The largest absolute Gasteiger partial charge is 0.492 e. The zero-order valence-corrected chi connectivity index (χ0v) is 38.7. The fourth-order valence-electron chi connectivity index (χ4n) is 9.91. The Labute approximate surface area is 387 Å². The molecular formula is C49H63N5O11S. The van der Waals surface area contributed by atoms with Gasteiger partial charge in [0.1, 0.15) is 24.7 Å². The van der Waals surface area contributed by atoms with Gasteiger partial charge in [-0.3, -0.25) is 19.8 Å². The van der Waals surface area contributed by atoms with E-state index in [9.17, 15) is 25.1 Å². The number of sulfonamides is 1. The summed E-state index contributed by atoms with van der Waals surface area (Å²) in [6.45, 7) is 10.9. The van der Waals surface area contributed by atoms with Gasteiger partial charge < -0.3 is 34.6 Å². The van der Waals surface area contributed by atoms with Crippen molar-refractivity contribution in [2.75, 3.05) is 57.9 Å². The third kappa shape index (κ3) is 11.0. The molecule has 16 nitrogen and oxygen atoms in total. The van der Waals surface area contributed by atoms with Gasteiger partial charge in [-0.25, -0.2) is 8.42 Å². The minimum Gasteiger partial charge on any atom is -0.492 e. The minimum atomic E-state index is -4.31. The number of hydrogen-bond donors (Lipinski definition) is 3. The second-order valence-electron chi connectivity index (χ2n) is 17.5. The van der Waals surface area contributed by atoms with Crippen LogP contribution in [-0.4, -0.2) is 109 Å². The number of aliphatic hydroxyl groups is 2. The van der Waals surface area contributed by atoms with Crippen molar-refractivity contribution in [3.8, 4) is 11.5 Å². The van der Waals surface area contributed by atoms with Gasteiger partial charge in [0.2, 0.25) is 21.7 Å². The SMILES string of the molecule is C=CCO[C@@]12Oc3ccc(OCCN4CC4)cc3[C@H]3[C@H](CCCCO)[C@@H](CCCCO)C=C(C(=NOCc4ccc([N+](=O)[O-])cc4)C[C@@H]1N(CCC)S(=O)(=O)c1ccc(NC(C)=O)cc1)[C@H]32. The Kier molecular flexibility index (Phi) is 16.3. The van der Waals surface area contributed by atoms with Crippen molar-refractivity contribution in [2.24, 2.45) is 22.9 Å². The predicted octanol–water partition coefficient (Wildman–Crippen LogP) is 7.18. The number of carbonyl (C=O) groups excluding carboxylic acids is 1. The summed E-state index contributed by atoms with van der Waals surface area (Å²) in [4.78, 5) is 31.2. The number of oxime groups is 1. The smallest absolute Gasteiger partial charge is 0.269 e. The summed E-state index contributed by atoms with van der Waals surface area (Å²) in [6, 6.07) is 16.9. The highest BCUT2D eigenvalue weighted by molar-refractivity contribution is 7.89. The molecule has 0 aromatic heterocycles. The molecule has 1 saturated heterocycles. The van der Waals surface area contributed by atoms with E-state index in [1.165, 1.54) is 35.5 Å². The van der Waals surface area contributed by atoms with Crippen molar-refractivity contribution in [1.82, 2.24) is 9.21 Å². The maximum absolute atomic E-state index is 15.3. The van der Waals surface area contributed by atoms with Gasteiger partial charge >= 0.3 is 0 Å². The molecule has 3 aromatic carbocycles. The van der Waals surface area contributed by atoms with E-state index in [1.807, 2.05) is 19.1 Å². The van der Waals surface area contributed by atoms with E-state index >= 15 is 8.42 Å². The van der Waals surface area contributed by atoms with Gasteiger partial charge in [-0.05, 0) is 110 Å². The molecule has 3 N–H and O–H groups in total. The number of amides is 1. The number of anilines is 1. The van der Waals surface area contributed by atoms with Crippen LogP contribution in [-0.2, 0) is 31.0 Å². The molecule has 356 valence electrons. The van der Waals surface area contributed by atoms with Crippen LogP contribution in [0.1, 0.15) is 82.3 Å². The number of carbonyl (C=O) groups is 1. The van der Waals surface area contributed by atoms with Crippen LogP contribution in [0.15, 0.2) is 101 Å². The quantitative estimate of drug-likeness (QED) is 0.0254. The number of nitro groups is 1. The van der Waals surface area contributed by atoms with E-state index in [2.05, 4.69) is 28.9 Å². The molecule has 1 amide bonds. The molecule has 2 aliphatic carbocycles. The van der Waals surface area contributed by atoms with Crippen LogP contribution in [0.25, 0.3) is 0 Å². The minimum absolute atomic E-state index is 0.00949. The molecule has 6 atom stereocenters. The predicted molar refractivity (Wildman–Crippen MR) is 250 cm³/mol. The maximum Gasteiger partial charge on any atom is 0.269 e. The van der Waals surface area contributed by atoms with Crippen molar-refractivity contribution < 1.29 is 47.4 Å². The van der Waals surface area contributed by atoms with Crippen molar-refractivity contribution in [3.05, 3.63) is 112 Å². The van der Waals surface area contributed by atoms with Crippen LogP contribution in [0, 0.1) is 27.9 Å². The number of aliphatic hydroxyl groups excluding tert-OH is 2. The zero-order chi connectivity index (χ0) is 46.8. The first kappa shape index (κ1) is 48.8. The molecule has 2 heterocycles. The van der Waals surface area contributed by atoms with Crippen LogP contribution in [0.5, 0.6) is 11.5 Å². The Morgan fingerprint density at radius 1 is 1.06 bits per heavy atom. The van der Waals surface area contributed by atoms with Gasteiger partial charge in [-0.2, -0.15) is 4.31 Å². The molecule has 4 aliphatic rings. The van der Waals surface area contributed by atoms with Gasteiger partial charge in [-0.15, -0.1) is 6.58 Å². The average molecular weight is 930 g/mol. The Hall–Kier alpha value is -5.17. The molecule has 0 unspecified atom stereocenters. The van der Waals surface area contributed by atoms with Crippen molar-refractivity contribution in [1.29, 1.82) is 0 Å². The number of nitro benzene ring substituents is 1. The molecule has 0 bridgehead atoms. The highest BCUT2D eigenvalue weighted by atomic mass is 32.2. The fraction of sp³-hybridized carbons (Fsp3) is 0.510. The van der Waals surface area contributed by atoms with E-state index in [4.69, 9.17) is 24.2 Å². The molecule has 0 radical (unpaired) electrons. The molecule has 3 aromatic rings. The lowest BCUT2D eigenvalue weighted by molar-refractivity contribution is -0.384. The topological polar surface area (TPSA) is 202 Å². The number of hydrogen-bond acceptors (Lipinski definition) is 13. The van der Waals surface area contributed by atoms with E-state index in [0.717, 1.165) is 56.5 Å². The lowest BCUT2D eigenvalue weighted by Crippen LogP contribution is -2.70. The van der Waals surface area contributed by atoms with Crippen LogP contribution >= 0.6 is 0 Å². The summed E-state index contributed by atoms with van der Waals surface area (Å²) in [6.07, 6.45) is 8.54. The second kappa shape index (κ2) is 22.1. The van der Waals surface area contributed by atoms with Crippen LogP contribution in [0.2, 0.25) is 0 Å². The summed E-state index contributed by atoms with van der Waals surface area (Å²) < 4.78 is 52.7. The average Bonchev–Trinajstić information content (AvgIpc) is 4.14. The fourth-order valence-corrected chi connectivity index (χ4v) is 11.6. The van der Waals surface area contributed by atoms with E-state index in [1.54, 1.807) is 30.3 Å². The number of allylic oxidation sites excluding steroid dienone is 1. The number of nitrogens with one attached hydrogen (secondary N) is 1. The molecule has 1 saturated carbocycles. The van der Waals surface area contributed by atoms with Gasteiger partial charge in [0.25, 0.3) is 5.69 Å². The van der Waals surface area contributed by atoms with Gasteiger partial charge in [0.15, 0.2) is 0 Å². The molecule has 7 rings (SSSR count). The summed E-state index contributed by atoms with van der Waals surface area (Å²) in [7, 11) is -4.31. The number of fused-ring (bicyclic) bond motifs is 2. The number of ether oxygens (including phenoxy) is 3. The number of benzene rings is 3. The summed E-state index contributed by atoms with van der Waals surface area (Å²) in [5.74, 6) is -1.69. The molecule has 0 spiro atoms. The van der Waals surface area contributed by atoms with Gasteiger partial charge in [0.05, 0.1) is 34.1 Å². The number of nitrogens with zero attached hydrogens (tertiary/aromatic N) is 4. The Morgan fingerprint density at radius 3 is 2.44 bits per heavy atom. The van der Waals surface area contributed by atoms with Crippen LogP contribution in [0.3, 0.4) is 0 Å². The molecule has 66 heavy (non-hydrogen) atoms. The molecule has 2 aliphatic heterocycles. The number of rotatable bonds is 25. The van der Waals surface area contributed by atoms with Crippen molar-refractivity contribution in [3.63, 3.8) is 0 Å². The molecule has 2 fully saturated rings. The first-order chi connectivity index (χ1) is 31.9.